The third-order valence-electron chi connectivity index (χ3n) is 2.88. The molecule has 0 unspecified atom stereocenters. The van der Waals surface area contributed by atoms with E-state index in [0.29, 0.717) is 0 Å². The van der Waals surface area contributed by atoms with Crippen molar-refractivity contribution in [3.05, 3.63) is 0 Å². The van der Waals surface area contributed by atoms with Crippen LogP contribution in [0.5, 0.6) is 0 Å². The van der Waals surface area contributed by atoms with E-state index in [9.17, 15) is 0 Å². The van der Waals surface area contributed by atoms with Crippen LogP contribution in [0.15, 0.2) is 5.10 Å². The molecule has 4 nitrogen and oxygen atoms in total. The first-order valence-electron chi connectivity index (χ1n) is 5.25. The molecular formula is C10H20N4. The van der Waals surface area contributed by atoms with Gasteiger partial charge in [0.2, 0.25) is 5.96 Å². The van der Waals surface area contributed by atoms with Crippen molar-refractivity contribution in [2.45, 2.75) is 39.5 Å². The first-order valence-corrected chi connectivity index (χ1v) is 5.25. The van der Waals surface area contributed by atoms with E-state index < -0.39 is 0 Å². The van der Waals surface area contributed by atoms with Crippen LogP contribution in [0.1, 0.15) is 39.5 Å². The highest BCUT2D eigenvalue weighted by Crippen LogP contribution is 2.28. The van der Waals surface area contributed by atoms with Gasteiger partial charge < -0.3 is 5.73 Å². The van der Waals surface area contributed by atoms with Crippen molar-refractivity contribution in [3.63, 3.8) is 0 Å². The molecule has 14 heavy (non-hydrogen) atoms. The Morgan fingerprint density at radius 3 is 2.50 bits per heavy atom. The van der Waals surface area contributed by atoms with Crippen LogP contribution in [0.25, 0.3) is 0 Å². The molecule has 1 rings (SSSR count). The molecule has 1 saturated carbocycles. The lowest BCUT2D eigenvalue weighted by atomic mass is 9.81. The van der Waals surface area contributed by atoms with Gasteiger partial charge in [-0.25, -0.2) is 5.43 Å². The predicted molar refractivity (Wildman–Crippen MR) is 59.3 cm³/mol. The summed E-state index contributed by atoms with van der Waals surface area (Å²) in [5.41, 5.74) is 8.81. The molecule has 0 spiro atoms. The van der Waals surface area contributed by atoms with Gasteiger partial charge in [0.05, 0.1) is 0 Å². The molecule has 0 aromatic rings. The molecule has 0 aromatic carbocycles. The first-order chi connectivity index (χ1) is 6.59. The summed E-state index contributed by atoms with van der Waals surface area (Å²) in [6.07, 6.45) is 4.53. The van der Waals surface area contributed by atoms with Crippen molar-refractivity contribution >= 4 is 11.7 Å². The second kappa shape index (κ2) is 4.98. The fourth-order valence-corrected chi connectivity index (χ4v) is 1.89. The van der Waals surface area contributed by atoms with E-state index >= 15 is 0 Å². The second-order valence-corrected chi connectivity index (χ2v) is 4.28. The van der Waals surface area contributed by atoms with Gasteiger partial charge >= 0.3 is 0 Å². The van der Waals surface area contributed by atoms with E-state index in [-0.39, 0.29) is 5.96 Å². The van der Waals surface area contributed by atoms with Gasteiger partial charge in [-0.05, 0) is 37.5 Å². The number of hydrogen-bond donors (Lipinski definition) is 3. The third kappa shape index (κ3) is 3.36. The number of nitrogens with one attached hydrogen (secondary N) is 2. The highest BCUT2D eigenvalue weighted by molar-refractivity contribution is 5.86. The molecular weight excluding hydrogens is 176 g/mol. The van der Waals surface area contributed by atoms with Gasteiger partial charge in [-0.1, -0.05) is 13.8 Å². The van der Waals surface area contributed by atoms with Crippen molar-refractivity contribution in [1.82, 2.24) is 5.43 Å². The average molecular weight is 196 g/mol. The molecule has 1 aliphatic rings. The van der Waals surface area contributed by atoms with Crippen molar-refractivity contribution in [2.75, 3.05) is 0 Å². The SMILES string of the molecule is CC(C)C1CCC(=NNC(=N)N)CC1. The van der Waals surface area contributed by atoms with Crippen LogP contribution in [-0.2, 0) is 0 Å². The molecule has 0 aromatic heterocycles. The fourth-order valence-electron chi connectivity index (χ4n) is 1.89. The monoisotopic (exact) mass is 196 g/mol. The largest absolute Gasteiger partial charge is 0.369 e. The Kier molecular flexibility index (Phi) is 3.92. The Morgan fingerprint density at radius 2 is 2.07 bits per heavy atom. The molecule has 0 amide bonds. The number of rotatable bonds is 2. The van der Waals surface area contributed by atoms with Crippen molar-refractivity contribution in [2.24, 2.45) is 22.7 Å². The maximum atomic E-state index is 6.98. The van der Waals surface area contributed by atoms with Crippen LogP contribution >= 0.6 is 0 Å². The number of hydrazone groups is 1. The van der Waals surface area contributed by atoms with Crippen molar-refractivity contribution < 1.29 is 0 Å². The topological polar surface area (TPSA) is 74.3 Å². The van der Waals surface area contributed by atoms with Crippen LogP contribution in [0.3, 0.4) is 0 Å². The maximum Gasteiger partial charge on any atom is 0.206 e. The minimum atomic E-state index is -0.0801. The molecule has 4 heteroatoms. The molecule has 0 aliphatic heterocycles. The van der Waals surface area contributed by atoms with Crippen LogP contribution in [-0.4, -0.2) is 11.7 Å². The smallest absolute Gasteiger partial charge is 0.206 e. The summed E-state index contributed by atoms with van der Waals surface area (Å²) in [6, 6.07) is 0. The Bertz CT molecular complexity index is 222. The predicted octanol–water partition coefficient (Wildman–Crippen LogP) is 1.67. The first kappa shape index (κ1) is 11.0. The van der Waals surface area contributed by atoms with Crippen LogP contribution in [0.2, 0.25) is 0 Å². The summed E-state index contributed by atoms with van der Waals surface area (Å²) in [4.78, 5) is 0. The average Bonchev–Trinajstić information content (AvgIpc) is 2.15. The van der Waals surface area contributed by atoms with Gasteiger partial charge in [0, 0.05) is 5.71 Å². The molecule has 4 N–H and O–H groups in total. The number of hydrogen-bond acceptors (Lipinski definition) is 2. The Hall–Kier alpha value is -1.06. The normalized spacial score (nSPS) is 22.2. The summed E-state index contributed by atoms with van der Waals surface area (Å²) >= 11 is 0. The van der Waals surface area contributed by atoms with Gasteiger partial charge in [-0.15, -0.1) is 0 Å². The quantitative estimate of drug-likeness (QED) is 0.357. The van der Waals surface area contributed by atoms with Crippen molar-refractivity contribution in [1.29, 1.82) is 5.41 Å². The summed E-state index contributed by atoms with van der Waals surface area (Å²) in [6.45, 7) is 4.56. The van der Waals surface area contributed by atoms with E-state index in [0.717, 1.165) is 30.4 Å². The highest BCUT2D eigenvalue weighted by atomic mass is 15.3. The number of guanidine groups is 1. The number of nitrogens with zero attached hydrogens (tertiary/aromatic N) is 1. The Morgan fingerprint density at radius 1 is 1.50 bits per heavy atom. The fraction of sp³-hybridized carbons (Fsp3) is 0.800. The third-order valence-corrected chi connectivity index (χ3v) is 2.88. The Labute approximate surface area is 85.5 Å². The van der Waals surface area contributed by atoms with Gasteiger partial charge in [0.15, 0.2) is 0 Å². The zero-order chi connectivity index (χ0) is 10.6. The lowest BCUT2D eigenvalue weighted by molar-refractivity contribution is 0.331. The van der Waals surface area contributed by atoms with E-state index in [4.69, 9.17) is 11.1 Å². The van der Waals surface area contributed by atoms with Crippen LogP contribution < -0.4 is 11.2 Å². The summed E-state index contributed by atoms with van der Waals surface area (Å²) in [5, 5.41) is 11.1. The minimum Gasteiger partial charge on any atom is -0.369 e. The van der Waals surface area contributed by atoms with Gasteiger partial charge in [0.1, 0.15) is 0 Å². The van der Waals surface area contributed by atoms with Crippen LogP contribution in [0, 0.1) is 17.2 Å². The van der Waals surface area contributed by atoms with E-state index in [2.05, 4.69) is 24.4 Å². The van der Waals surface area contributed by atoms with Gasteiger partial charge in [0.25, 0.3) is 0 Å². The zero-order valence-electron chi connectivity index (χ0n) is 9.01. The van der Waals surface area contributed by atoms with Crippen molar-refractivity contribution in [3.8, 4) is 0 Å². The van der Waals surface area contributed by atoms with Crippen LogP contribution in [0.4, 0.5) is 0 Å². The highest BCUT2D eigenvalue weighted by Gasteiger charge is 2.19. The Balaban J connectivity index is 2.35. The van der Waals surface area contributed by atoms with Gasteiger partial charge in [-0.2, -0.15) is 5.10 Å². The molecule has 80 valence electrons. The maximum absolute atomic E-state index is 6.98. The van der Waals surface area contributed by atoms with Gasteiger partial charge in [-0.3, -0.25) is 5.41 Å². The molecule has 1 aliphatic carbocycles. The molecule has 0 atom stereocenters. The van der Waals surface area contributed by atoms with E-state index in [1.54, 1.807) is 0 Å². The summed E-state index contributed by atoms with van der Waals surface area (Å²) < 4.78 is 0. The van der Waals surface area contributed by atoms with E-state index in [1.165, 1.54) is 12.8 Å². The lowest BCUT2D eigenvalue weighted by Gasteiger charge is -2.25. The molecule has 1 fully saturated rings. The summed E-state index contributed by atoms with van der Waals surface area (Å²) in [7, 11) is 0. The number of nitrogens with two attached hydrogens (primary N) is 1. The molecule has 0 bridgehead atoms. The minimum absolute atomic E-state index is 0.0801. The lowest BCUT2D eigenvalue weighted by Crippen LogP contribution is -2.28. The zero-order valence-corrected chi connectivity index (χ0v) is 9.01. The molecule has 0 radical (unpaired) electrons. The second-order valence-electron chi connectivity index (χ2n) is 4.28. The molecule has 0 heterocycles. The van der Waals surface area contributed by atoms with E-state index in [1.807, 2.05) is 0 Å². The molecule has 0 saturated heterocycles. The standard InChI is InChI=1S/C10H20N4/c1-7(2)8-3-5-9(6-4-8)13-14-10(11)12/h7-8H,3-6H2,1-2H3,(H4,11,12,14). The summed E-state index contributed by atoms with van der Waals surface area (Å²) in [5.74, 6) is 1.53.